The molecular formula is C8H16N2. The molecular weight excluding hydrogens is 124 g/mol. The van der Waals surface area contributed by atoms with E-state index in [-0.39, 0.29) is 0 Å². The molecule has 0 amide bonds. The minimum absolute atomic E-state index is 1.02. The van der Waals surface area contributed by atoms with E-state index < -0.39 is 0 Å². The summed E-state index contributed by atoms with van der Waals surface area (Å²) in [6.07, 6.45) is 7.01. The van der Waals surface area contributed by atoms with Gasteiger partial charge in [0.15, 0.2) is 0 Å². The summed E-state index contributed by atoms with van der Waals surface area (Å²) in [5, 5.41) is 1.57. The van der Waals surface area contributed by atoms with E-state index in [9.17, 15) is 0 Å². The molecule has 0 saturated carbocycles. The van der Waals surface area contributed by atoms with Gasteiger partial charge in [0, 0.05) is 13.2 Å². The molecule has 0 rings (SSSR count). The molecule has 0 spiro atoms. The van der Waals surface area contributed by atoms with Crippen LogP contribution in [0.1, 0.15) is 20.3 Å². The van der Waals surface area contributed by atoms with Gasteiger partial charge in [0.25, 0.3) is 0 Å². The molecule has 0 atom stereocenters. The van der Waals surface area contributed by atoms with Crippen LogP contribution < -0.4 is 5.84 Å². The normalized spacial score (nSPS) is 12.6. The van der Waals surface area contributed by atoms with Crippen LogP contribution in [0, 0.1) is 0 Å². The molecule has 0 aromatic carbocycles. The van der Waals surface area contributed by atoms with Gasteiger partial charge in [-0.2, -0.15) is 0 Å². The molecule has 0 saturated heterocycles. The lowest BCUT2D eigenvalue weighted by molar-refractivity contribution is 0.480. The molecule has 2 N–H and O–H groups in total. The number of hydrazine groups is 1. The van der Waals surface area contributed by atoms with Gasteiger partial charge in [-0.05, 0) is 18.9 Å². The van der Waals surface area contributed by atoms with Crippen LogP contribution in [-0.2, 0) is 0 Å². The summed E-state index contributed by atoms with van der Waals surface area (Å²) in [6, 6.07) is 0. The lowest BCUT2D eigenvalue weighted by Crippen LogP contribution is -2.19. The largest absolute Gasteiger partial charge is 0.321 e. The summed E-state index contributed by atoms with van der Waals surface area (Å²) in [7, 11) is 1.82. The number of rotatable bonds is 3. The van der Waals surface area contributed by atoms with E-state index in [0.717, 1.165) is 6.42 Å². The van der Waals surface area contributed by atoms with Crippen molar-refractivity contribution in [3.8, 4) is 0 Å². The minimum Gasteiger partial charge on any atom is -0.321 e. The van der Waals surface area contributed by atoms with Gasteiger partial charge in [-0.1, -0.05) is 19.1 Å². The Morgan fingerprint density at radius 3 is 2.50 bits per heavy atom. The highest BCUT2D eigenvalue weighted by Gasteiger charge is 1.86. The predicted molar refractivity (Wildman–Crippen MR) is 45.1 cm³/mol. The van der Waals surface area contributed by atoms with Gasteiger partial charge in [0.05, 0.1) is 0 Å². The Morgan fingerprint density at radius 1 is 1.60 bits per heavy atom. The molecule has 0 fully saturated rings. The standard InChI is InChI=1S/C8H16N2/c1-4-6-8(5-2)7-10(3)9/h4,6-7H,5,9H2,1-3H3/b6-4-,8-7-. The summed E-state index contributed by atoms with van der Waals surface area (Å²) in [4.78, 5) is 0. The lowest BCUT2D eigenvalue weighted by Gasteiger charge is -2.06. The van der Waals surface area contributed by atoms with Crippen molar-refractivity contribution in [1.29, 1.82) is 0 Å². The molecule has 0 heterocycles. The molecule has 0 aliphatic rings. The van der Waals surface area contributed by atoms with Crippen LogP contribution in [0.5, 0.6) is 0 Å². The van der Waals surface area contributed by atoms with Crippen LogP contribution in [0.3, 0.4) is 0 Å². The van der Waals surface area contributed by atoms with Crippen molar-refractivity contribution < 1.29 is 0 Å². The summed E-state index contributed by atoms with van der Waals surface area (Å²) in [5.74, 6) is 5.42. The van der Waals surface area contributed by atoms with Gasteiger partial charge < -0.3 is 5.01 Å². The number of hydrogen-bond acceptors (Lipinski definition) is 2. The molecule has 0 aliphatic carbocycles. The number of nitrogens with zero attached hydrogens (tertiary/aromatic N) is 1. The fourth-order valence-electron chi connectivity index (χ4n) is 0.728. The Balaban J connectivity index is 4.04. The zero-order chi connectivity index (χ0) is 7.98. The Kier molecular flexibility index (Phi) is 4.67. The Labute approximate surface area is 63.0 Å². The van der Waals surface area contributed by atoms with Gasteiger partial charge >= 0.3 is 0 Å². The van der Waals surface area contributed by atoms with Crippen molar-refractivity contribution in [3.63, 3.8) is 0 Å². The lowest BCUT2D eigenvalue weighted by atomic mass is 10.2. The molecule has 58 valence electrons. The number of nitrogens with two attached hydrogens (primary N) is 1. The molecule has 0 unspecified atom stereocenters. The fraction of sp³-hybridized carbons (Fsp3) is 0.500. The smallest absolute Gasteiger partial charge is 0.0223 e. The first-order valence-electron chi connectivity index (χ1n) is 3.51. The van der Waals surface area contributed by atoms with E-state index in [1.165, 1.54) is 5.57 Å². The SMILES string of the molecule is C/C=C\C(=C/N(C)N)CC. The van der Waals surface area contributed by atoms with Gasteiger partial charge in [-0.3, -0.25) is 0 Å². The predicted octanol–water partition coefficient (Wildman–Crippen LogP) is 1.66. The van der Waals surface area contributed by atoms with Gasteiger partial charge in [-0.25, -0.2) is 5.84 Å². The Morgan fingerprint density at radius 2 is 2.20 bits per heavy atom. The van der Waals surface area contributed by atoms with Crippen LogP contribution in [0.2, 0.25) is 0 Å². The second-order valence-corrected chi connectivity index (χ2v) is 2.22. The van der Waals surface area contributed by atoms with E-state index in [0.29, 0.717) is 0 Å². The van der Waals surface area contributed by atoms with Crippen molar-refractivity contribution in [3.05, 3.63) is 23.9 Å². The van der Waals surface area contributed by atoms with Crippen molar-refractivity contribution in [2.75, 3.05) is 7.05 Å². The van der Waals surface area contributed by atoms with Crippen molar-refractivity contribution in [2.45, 2.75) is 20.3 Å². The highest BCUT2D eigenvalue weighted by atomic mass is 15.4. The van der Waals surface area contributed by atoms with E-state index in [1.54, 1.807) is 5.01 Å². The quantitative estimate of drug-likeness (QED) is 0.367. The minimum atomic E-state index is 1.02. The average Bonchev–Trinajstić information content (AvgIpc) is 1.86. The maximum absolute atomic E-state index is 5.42. The molecule has 2 nitrogen and oxygen atoms in total. The molecule has 0 aromatic heterocycles. The summed E-state index contributed by atoms with van der Waals surface area (Å²) in [6.45, 7) is 4.11. The maximum atomic E-state index is 5.42. The summed E-state index contributed by atoms with van der Waals surface area (Å²) in [5.41, 5.74) is 1.24. The maximum Gasteiger partial charge on any atom is 0.0223 e. The van der Waals surface area contributed by atoms with Crippen LogP contribution in [0.25, 0.3) is 0 Å². The van der Waals surface area contributed by atoms with E-state index >= 15 is 0 Å². The van der Waals surface area contributed by atoms with Crippen LogP contribution in [-0.4, -0.2) is 12.1 Å². The van der Waals surface area contributed by atoms with Crippen molar-refractivity contribution >= 4 is 0 Å². The highest BCUT2D eigenvalue weighted by Crippen LogP contribution is 2.01. The second-order valence-electron chi connectivity index (χ2n) is 2.22. The van der Waals surface area contributed by atoms with Crippen molar-refractivity contribution in [2.24, 2.45) is 5.84 Å². The third kappa shape index (κ3) is 4.15. The van der Waals surface area contributed by atoms with Gasteiger partial charge in [0.1, 0.15) is 0 Å². The third-order valence-electron chi connectivity index (χ3n) is 1.16. The Hall–Kier alpha value is -0.760. The average molecular weight is 140 g/mol. The van der Waals surface area contributed by atoms with Crippen LogP contribution in [0.4, 0.5) is 0 Å². The van der Waals surface area contributed by atoms with Gasteiger partial charge in [-0.15, -0.1) is 0 Å². The number of hydrogen-bond donors (Lipinski definition) is 1. The fourth-order valence-corrected chi connectivity index (χ4v) is 0.728. The number of allylic oxidation sites excluding steroid dienone is 3. The molecule has 0 radical (unpaired) electrons. The highest BCUT2D eigenvalue weighted by molar-refractivity contribution is 5.16. The van der Waals surface area contributed by atoms with E-state index in [2.05, 4.69) is 13.0 Å². The first kappa shape index (κ1) is 9.24. The second kappa shape index (κ2) is 5.06. The van der Waals surface area contributed by atoms with E-state index in [4.69, 9.17) is 5.84 Å². The zero-order valence-corrected chi connectivity index (χ0v) is 6.96. The van der Waals surface area contributed by atoms with Crippen LogP contribution in [0.15, 0.2) is 23.9 Å². The molecule has 0 bridgehead atoms. The van der Waals surface area contributed by atoms with Gasteiger partial charge in [0.2, 0.25) is 0 Å². The molecule has 0 aromatic rings. The van der Waals surface area contributed by atoms with Crippen LogP contribution >= 0.6 is 0 Å². The first-order valence-corrected chi connectivity index (χ1v) is 3.51. The van der Waals surface area contributed by atoms with E-state index in [1.807, 2.05) is 26.2 Å². The topological polar surface area (TPSA) is 29.3 Å². The Bertz CT molecular complexity index is 134. The molecule has 2 heteroatoms. The summed E-state index contributed by atoms with van der Waals surface area (Å²) >= 11 is 0. The first-order chi connectivity index (χ1) is 4.70. The van der Waals surface area contributed by atoms with Crippen molar-refractivity contribution in [1.82, 2.24) is 5.01 Å². The molecule has 10 heavy (non-hydrogen) atoms. The summed E-state index contributed by atoms with van der Waals surface area (Å²) < 4.78 is 0. The zero-order valence-electron chi connectivity index (χ0n) is 6.96. The molecule has 0 aliphatic heterocycles. The monoisotopic (exact) mass is 140 g/mol. The third-order valence-corrected chi connectivity index (χ3v) is 1.16.